The fraction of sp³-hybridized carbons (Fsp3) is 0.533. The zero-order valence-electron chi connectivity index (χ0n) is 27.2. The van der Waals surface area contributed by atoms with Crippen molar-refractivity contribution in [2.75, 3.05) is 42.9 Å². The molecule has 0 radical (unpaired) electrons. The van der Waals surface area contributed by atoms with E-state index in [2.05, 4.69) is 46.6 Å². The van der Waals surface area contributed by atoms with Gasteiger partial charge >= 0.3 is 11.7 Å². The monoisotopic (exact) mass is 638 g/mol. The standard InChI is InChI=1S/C30H42N10O4S/c1-9-39(15-11-12-24(41)43-10-2)20-13-14-22(23(16-20)32-18-44-30(5,6)7)36-37-26-21(17-31)25(19(3)4)38-40(26)27-33-28(42)35-29(34-27)45-8/h13-14,16,19,32H,9-12,15,18H2,1-8H3,(H,33,34,35,42). The molecule has 0 spiro atoms. The van der Waals surface area contributed by atoms with Crippen LogP contribution in [0.5, 0.6) is 0 Å². The van der Waals surface area contributed by atoms with Crippen LogP contribution in [0.2, 0.25) is 0 Å². The van der Waals surface area contributed by atoms with E-state index in [1.54, 1.807) is 13.2 Å². The van der Waals surface area contributed by atoms with Gasteiger partial charge in [-0.15, -0.1) is 10.2 Å². The van der Waals surface area contributed by atoms with Crippen LogP contribution in [0.3, 0.4) is 0 Å². The number of carbonyl (C=O) groups is 1. The molecule has 3 rings (SSSR count). The quantitative estimate of drug-likeness (QED) is 0.0885. The molecular formula is C30H42N10O4S. The Morgan fingerprint density at radius 1 is 1.24 bits per heavy atom. The van der Waals surface area contributed by atoms with Gasteiger partial charge in [-0.2, -0.15) is 25.0 Å². The number of carbonyl (C=O) groups excluding carboxylic acids is 1. The van der Waals surface area contributed by atoms with Gasteiger partial charge in [0.2, 0.25) is 5.95 Å². The van der Waals surface area contributed by atoms with E-state index in [-0.39, 0.29) is 46.7 Å². The maximum absolute atomic E-state index is 12.3. The van der Waals surface area contributed by atoms with E-state index in [0.29, 0.717) is 43.1 Å². The molecule has 15 heteroatoms. The Bertz CT molecular complexity index is 1590. The third kappa shape index (κ3) is 9.85. The van der Waals surface area contributed by atoms with E-state index in [1.807, 2.05) is 59.7 Å². The highest BCUT2D eigenvalue weighted by Crippen LogP contribution is 2.34. The molecule has 0 aliphatic rings. The number of aromatic nitrogens is 5. The summed E-state index contributed by atoms with van der Waals surface area (Å²) in [5.41, 5.74) is 1.80. The van der Waals surface area contributed by atoms with Crippen LogP contribution in [0, 0.1) is 11.3 Å². The van der Waals surface area contributed by atoms with Gasteiger partial charge in [-0.25, -0.2) is 4.79 Å². The van der Waals surface area contributed by atoms with Crippen LogP contribution in [0.1, 0.15) is 78.5 Å². The highest BCUT2D eigenvalue weighted by molar-refractivity contribution is 7.98. The Morgan fingerprint density at radius 2 is 2.00 bits per heavy atom. The zero-order chi connectivity index (χ0) is 33.1. The van der Waals surface area contributed by atoms with Crippen LogP contribution in [0.15, 0.2) is 38.4 Å². The summed E-state index contributed by atoms with van der Waals surface area (Å²) >= 11 is 1.21. The number of nitrogens with one attached hydrogen (secondary N) is 2. The Morgan fingerprint density at radius 3 is 2.62 bits per heavy atom. The minimum Gasteiger partial charge on any atom is -0.466 e. The first-order valence-corrected chi connectivity index (χ1v) is 16.0. The summed E-state index contributed by atoms with van der Waals surface area (Å²) in [5.74, 6) is -0.125. The minimum atomic E-state index is -0.601. The van der Waals surface area contributed by atoms with Crippen LogP contribution in [-0.2, 0) is 14.3 Å². The molecule has 1 aromatic carbocycles. The number of esters is 1. The Balaban J connectivity index is 2.05. The van der Waals surface area contributed by atoms with Crippen molar-refractivity contribution >= 4 is 40.6 Å². The Labute approximate surface area is 267 Å². The maximum Gasteiger partial charge on any atom is 0.350 e. The smallest absolute Gasteiger partial charge is 0.350 e. The number of azo groups is 1. The SMILES string of the molecule is CCOC(=O)CCCN(CC)c1ccc(N=Nc2c(C#N)c(C(C)C)nn2-c2nc(SC)nc(=O)[nH]2)c(NCOC(C)(C)C)c1. The molecule has 2 heterocycles. The van der Waals surface area contributed by atoms with Crippen LogP contribution < -0.4 is 15.9 Å². The number of ether oxygens (including phenoxy) is 2. The molecule has 14 nitrogen and oxygen atoms in total. The van der Waals surface area contributed by atoms with Gasteiger partial charge in [0.1, 0.15) is 24.1 Å². The van der Waals surface area contributed by atoms with Gasteiger partial charge < -0.3 is 19.7 Å². The summed E-state index contributed by atoms with van der Waals surface area (Å²) in [5, 5.41) is 27.2. The number of hydrogen-bond donors (Lipinski definition) is 2. The molecule has 2 N–H and O–H groups in total. The number of aromatic amines is 1. The number of anilines is 2. The molecule has 0 aliphatic carbocycles. The van der Waals surface area contributed by atoms with Gasteiger partial charge in [-0.3, -0.25) is 9.78 Å². The Hall–Kier alpha value is -4.29. The van der Waals surface area contributed by atoms with Gasteiger partial charge in [0.25, 0.3) is 0 Å². The predicted molar refractivity (Wildman–Crippen MR) is 174 cm³/mol. The molecule has 0 unspecified atom stereocenters. The summed E-state index contributed by atoms with van der Waals surface area (Å²) in [6, 6.07) is 7.89. The highest BCUT2D eigenvalue weighted by Gasteiger charge is 2.23. The molecule has 0 aliphatic heterocycles. The number of thioether (sulfide) groups is 1. The van der Waals surface area contributed by atoms with E-state index in [4.69, 9.17) is 9.47 Å². The fourth-order valence-corrected chi connectivity index (χ4v) is 4.57. The van der Waals surface area contributed by atoms with Crippen LogP contribution >= 0.6 is 11.8 Å². The van der Waals surface area contributed by atoms with Crippen LogP contribution in [0.25, 0.3) is 5.95 Å². The summed E-state index contributed by atoms with van der Waals surface area (Å²) in [6.45, 7) is 15.5. The van der Waals surface area contributed by atoms with Gasteiger partial charge in [0, 0.05) is 25.2 Å². The molecule has 0 fully saturated rings. The Kier molecular flexibility index (Phi) is 12.6. The summed E-state index contributed by atoms with van der Waals surface area (Å²) < 4.78 is 12.3. The van der Waals surface area contributed by atoms with E-state index >= 15 is 0 Å². The predicted octanol–water partition coefficient (Wildman–Crippen LogP) is 5.84. The minimum absolute atomic E-state index is 0.0744. The number of rotatable bonds is 15. The molecule has 45 heavy (non-hydrogen) atoms. The van der Waals surface area contributed by atoms with Crippen molar-refractivity contribution in [1.29, 1.82) is 5.26 Å². The molecular weight excluding hydrogens is 596 g/mol. The van der Waals surface area contributed by atoms with Crippen molar-refractivity contribution < 1.29 is 14.3 Å². The molecule has 0 bridgehead atoms. The lowest BCUT2D eigenvalue weighted by atomic mass is 10.1. The number of nitrogens with zero attached hydrogens (tertiary/aromatic N) is 8. The lowest BCUT2D eigenvalue weighted by Gasteiger charge is -2.25. The normalized spacial score (nSPS) is 11.6. The highest BCUT2D eigenvalue weighted by atomic mass is 32.2. The third-order valence-corrected chi connectivity index (χ3v) is 6.96. The second-order valence-corrected chi connectivity index (χ2v) is 12.0. The first kappa shape index (κ1) is 35.2. The number of hydrogen-bond acceptors (Lipinski definition) is 13. The van der Waals surface area contributed by atoms with Crippen molar-refractivity contribution in [3.05, 3.63) is 39.9 Å². The van der Waals surface area contributed by atoms with E-state index in [9.17, 15) is 14.9 Å². The number of nitriles is 1. The largest absolute Gasteiger partial charge is 0.466 e. The topological polar surface area (TPSA) is 176 Å². The molecule has 2 aromatic heterocycles. The number of H-pyrrole nitrogens is 1. The fourth-order valence-electron chi connectivity index (χ4n) is 4.22. The average molecular weight is 639 g/mol. The number of benzene rings is 1. The first-order valence-electron chi connectivity index (χ1n) is 14.8. The van der Waals surface area contributed by atoms with E-state index in [1.165, 1.54) is 16.4 Å². The van der Waals surface area contributed by atoms with Gasteiger partial charge in [0.15, 0.2) is 11.0 Å². The maximum atomic E-state index is 12.3. The van der Waals surface area contributed by atoms with Crippen LogP contribution in [-0.4, -0.2) is 69.0 Å². The van der Waals surface area contributed by atoms with Crippen molar-refractivity contribution in [3.8, 4) is 12.0 Å². The lowest BCUT2D eigenvalue weighted by Crippen LogP contribution is -2.25. The van der Waals surface area contributed by atoms with Gasteiger partial charge in [-0.05, 0) is 71.4 Å². The molecule has 242 valence electrons. The first-order chi connectivity index (χ1) is 21.4. The van der Waals surface area contributed by atoms with E-state index < -0.39 is 5.69 Å². The lowest BCUT2D eigenvalue weighted by molar-refractivity contribution is -0.143. The van der Waals surface area contributed by atoms with E-state index in [0.717, 1.165) is 12.2 Å². The summed E-state index contributed by atoms with van der Waals surface area (Å²) in [4.78, 5) is 37.1. The average Bonchev–Trinajstić information content (AvgIpc) is 3.37. The van der Waals surface area contributed by atoms with Crippen molar-refractivity contribution in [3.63, 3.8) is 0 Å². The second kappa shape index (κ2) is 16.1. The molecule has 3 aromatic rings. The van der Waals surface area contributed by atoms with Crippen molar-refractivity contribution in [1.82, 2.24) is 24.7 Å². The van der Waals surface area contributed by atoms with Gasteiger partial charge in [0.05, 0.1) is 23.6 Å². The third-order valence-electron chi connectivity index (χ3n) is 6.41. The summed E-state index contributed by atoms with van der Waals surface area (Å²) in [7, 11) is 0. The van der Waals surface area contributed by atoms with Crippen LogP contribution in [0.4, 0.5) is 22.9 Å². The zero-order valence-corrected chi connectivity index (χ0v) is 28.0. The molecule has 0 amide bonds. The molecule has 0 saturated heterocycles. The summed E-state index contributed by atoms with van der Waals surface area (Å²) in [6.07, 6.45) is 2.74. The molecule has 0 atom stereocenters. The second-order valence-electron chi connectivity index (χ2n) is 11.2. The van der Waals surface area contributed by atoms with Gasteiger partial charge in [-0.1, -0.05) is 25.6 Å². The van der Waals surface area contributed by atoms with Crippen molar-refractivity contribution in [2.24, 2.45) is 10.2 Å². The molecule has 0 saturated carbocycles. The van der Waals surface area contributed by atoms with Crippen molar-refractivity contribution in [2.45, 2.75) is 78.0 Å².